The highest BCUT2D eigenvalue weighted by atomic mass is 35.5. The first-order valence-electron chi connectivity index (χ1n) is 9.97. The number of nitrogens with zero attached hydrogens (tertiary/aromatic N) is 5. The van der Waals surface area contributed by atoms with Gasteiger partial charge >= 0.3 is 0 Å². The maximum atomic E-state index is 12.3. The summed E-state index contributed by atoms with van der Waals surface area (Å²) in [6.45, 7) is 0. The minimum Gasteiger partial charge on any atom is -0.468 e. The largest absolute Gasteiger partial charge is 0.468 e. The molecular formula is C22H15Cl2N5O4. The minimum absolute atomic E-state index is 0.129. The number of methoxy groups -OCH3 is 1. The molecule has 0 spiro atoms. The van der Waals surface area contributed by atoms with E-state index >= 15 is 0 Å². The molecular weight excluding hydrogens is 469 g/mol. The van der Waals surface area contributed by atoms with E-state index in [1.54, 1.807) is 19.2 Å². The van der Waals surface area contributed by atoms with Gasteiger partial charge in [0.05, 0.1) is 40.3 Å². The summed E-state index contributed by atoms with van der Waals surface area (Å²) in [4.78, 5) is 28.5. The highest BCUT2D eigenvalue weighted by molar-refractivity contribution is 6.50. The lowest BCUT2D eigenvalue weighted by atomic mass is 10.1. The van der Waals surface area contributed by atoms with Gasteiger partial charge in [-0.05, 0) is 37.1 Å². The quantitative estimate of drug-likeness (QED) is 0.487. The third-order valence-corrected chi connectivity index (χ3v) is 5.85. The first-order chi connectivity index (χ1) is 15.9. The molecule has 1 aromatic heterocycles. The topological polar surface area (TPSA) is 110 Å². The van der Waals surface area contributed by atoms with Crippen LogP contribution in [0.2, 0.25) is 10.0 Å². The lowest BCUT2D eigenvalue weighted by Gasteiger charge is -2.22. The van der Waals surface area contributed by atoms with Crippen molar-refractivity contribution in [2.45, 2.75) is 25.3 Å². The molecule has 1 fully saturated rings. The highest BCUT2D eigenvalue weighted by Gasteiger charge is 2.30. The zero-order valence-electron chi connectivity index (χ0n) is 17.2. The maximum absolute atomic E-state index is 12.3. The molecule has 33 heavy (non-hydrogen) atoms. The van der Waals surface area contributed by atoms with Gasteiger partial charge in [0, 0.05) is 12.1 Å². The van der Waals surface area contributed by atoms with Crippen LogP contribution >= 0.6 is 23.2 Å². The van der Waals surface area contributed by atoms with Crippen molar-refractivity contribution in [1.29, 1.82) is 5.26 Å². The first kappa shape index (κ1) is 21.2. The van der Waals surface area contributed by atoms with E-state index in [2.05, 4.69) is 10.1 Å². The molecule has 2 aliphatic rings. The fourth-order valence-electron chi connectivity index (χ4n) is 3.62. The third-order valence-electron chi connectivity index (χ3n) is 5.29. The molecule has 1 aliphatic carbocycles. The number of ether oxygens (including phenoxy) is 2. The molecule has 1 aliphatic heterocycles. The summed E-state index contributed by atoms with van der Waals surface area (Å²) in [7, 11) is 1.59. The number of hydrazone groups is 1. The number of imidazole rings is 1. The zero-order valence-corrected chi connectivity index (χ0v) is 18.7. The normalized spacial score (nSPS) is 16.1. The Morgan fingerprint density at radius 3 is 2.52 bits per heavy atom. The second-order valence-corrected chi connectivity index (χ2v) is 8.37. The molecule has 9 nitrogen and oxygen atoms in total. The van der Waals surface area contributed by atoms with E-state index in [9.17, 15) is 9.59 Å². The molecule has 0 radical (unpaired) electrons. The predicted molar refractivity (Wildman–Crippen MR) is 121 cm³/mol. The molecule has 1 amide bonds. The number of rotatable bonds is 5. The number of carbonyl (C=O) groups excluding carboxylic acids is 2. The molecule has 3 aromatic rings. The number of hydrogen-bond acceptors (Lipinski definition) is 7. The number of hydrogen-bond donors (Lipinski definition) is 0. The van der Waals surface area contributed by atoms with Crippen LogP contribution in [0.1, 0.15) is 25.3 Å². The van der Waals surface area contributed by atoms with Crippen LogP contribution in [-0.4, -0.2) is 34.1 Å². The van der Waals surface area contributed by atoms with Crippen LogP contribution in [-0.2, 0) is 9.59 Å². The number of benzene rings is 2. The monoisotopic (exact) mass is 483 g/mol. The van der Waals surface area contributed by atoms with Crippen LogP contribution in [0.15, 0.2) is 35.4 Å². The number of aromatic nitrogens is 2. The number of carbonyl (C=O) groups is 2. The zero-order chi connectivity index (χ0) is 23.3. The Morgan fingerprint density at radius 1 is 1.15 bits per heavy atom. The average molecular weight is 484 g/mol. The van der Waals surface area contributed by atoms with Gasteiger partial charge in [0.2, 0.25) is 11.5 Å². The molecule has 5 rings (SSSR count). The Balaban J connectivity index is 1.49. The smallest absolute Gasteiger partial charge is 0.297 e. The molecule has 0 saturated heterocycles. The minimum atomic E-state index is -0.631. The van der Waals surface area contributed by atoms with E-state index in [0.29, 0.717) is 17.8 Å². The molecule has 2 aromatic carbocycles. The van der Waals surface area contributed by atoms with Crippen molar-refractivity contribution in [2.24, 2.45) is 5.10 Å². The van der Waals surface area contributed by atoms with Gasteiger partial charge < -0.3 is 9.47 Å². The Morgan fingerprint density at radius 2 is 1.88 bits per heavy atom. The van der Waals surface area contributed by atoms with Gasteiger partial charge in [0.1, 0.15) is 11.8 Å². The van der Waals surface area contributed by atoms with Crippen LogP contribution in [0.3, 0.4) is 0 Å². The maximum Gasteiger partial charge on any atom is 0.297 e. The van der Waals surface area contributed by atoms with Crippen molar-refractivity contribution in [3.05, 3.63) is 40.4 Å². The number of amides is 1. The van der Waals surface area contributed by atoms with Gasteiger partial charge in [-0.15, -0.1) is 0 Å². The number of anilines is 1. The van der Waals surface area contributed by atoms with Crippen molar-refractivity contribution < 1.29 is 19.1 Å². The summed E-state index contributed by atoms with van der Waals surface area (Å²) < 4.78 is 13.4. The second kappa shape index (κ2) is 8.06. The van der Waals surface area contributed by atoms with Crippen LogP contribution in [0.5, 0.6) is 17.5 Å². The van der Waals surface area contributed by atoms with E-state index in [1.165, 1.54) is 12.1 Å². The standard InChI is InChI=1S/C22H15Cl2N5O4/c1-32-22-26-16-5-4-13(8-18(16)28(22)11-2-3-11)33-21-14(23)6-12(7-15(21)24)29-20(31)9-19(30)17(10-25)27-29/h4-8,11H,2-3,9H2,1H3. The summed E-state index contributed by atoms with van der Waals surface area (Å²) in [5.41, 5.74) is 1.51. The van der Waals surface area contributed by atoms with Crippen LogP contribution in [0.25, 0.3) is 11.0 Å². The van der Waals surface area contributed by atoms with Crippen molar-refractivity contribution in [3.63, 3.8) is 0 Å². The van der Waals surface area contributed by atoms with Crippen molar-refractivity contribution in [2.75, 3.05) is 12.1 Å². The predicted octanol–water partition coefficient (Wildman–Crippen LogP) is 4.66. The molecule has 0 atom stereocenters. The first-order valence-corrected chi connectivity index (χ1v) is 10.7. The molecule has 1 saturated carbocycles. The number of fused-ring (bicyclic) bond motifs is 1. The van der Waals surface area contributed by atoms with Gasteiger partial charge in [0.25, 0.3) is 11.9 Å². The van der Waals surface area contributed by atoms with Crippen molar-refractivity contribution >= 4 is 57.3 Å². The summed E-state index contributed by atoms with van der Waals surface area (Å²) in [6.07, 6.45) is 1.66. The van der Waals surface area contributed by atoms with E-state index < -0.39 is 18.1 Å². The van der Waals surface area contributed by atoms with Gasteiger partial charge in [-0.3, -0.25) is 14.2 Å². The Kier molecular flexibility index (Phi) is 5.19. The van der Waals surface area contributed by atoms with E-state index in [4.69, 9.17) is 37.9 Å². The number of nitriles is 1. The average Bonchev–Trinajstić information content (AvgIpc) is 3.56. The lowest BCUT2D eigenvalue weighted by Crippen LogP contribution is -2.36. The molecule has 0 N–H and O–H groups in total. The van der Waals surface area contributed by atoms with E-state index in [1.807, 2.05) is 16.7 Å². The highest BCUT2D eigenvalue weighted by Crippen LogP contribution is 2.43. The second-order valence-electron chi connectivity index (χ2n) is 7.56. The van der Waals surface area contributed by atoms with Crippen LogP contribution in [0, 0.1) is 11.3 Å². The number of ketones is 1. The molecule has 11 heteroatoms. The number of halogens is 2. The molecule has 0 unspecified atom stereocenters. The molecule has 0 bridgehead atoms. The van der Waals surface area contributed by atoms with Crippen LogP contribution < -0.4 is 14.5 Å². The molecule has 2 heterocycles. The SMILES string of the molecule is COc1nc2ccc(Oc3c(Cl)cc(N4N=C(C#N)C(=O)CC4=O)cc3Cl)cc2n1C1CC1. The van der Waals surface area contributed by atoms with Crippen molar-refractivity contribution in [1.82, 2.24) is 9.55 Å². The summed E-state index contributed by atoms with van der Waals surface area (Å²) >= 11 is 12.8. The lowest BCUT2D eigenvalue weighted by molar-refractivity contribution is -0.124. The van der Waals surface area contributed by atoms with Crippen LogP contribution in [0.4, 0.5) is 5.69 Å². The van der Waals surface area contributed by atoms with Gasteiger partial charge in [-0.1, -0.05) is 23.2 Å². The summed E-state index contributed by atoms with van der Waals surface area (Å²) in [5.74, 6) is -0.537. The fourth-order valence-corrected chi connectivity index (χ4v) is 4.17. The Hall–Kier alpha value is -3.61. The number of Topliss-reactive ketones (excluding diaryl/α,β-unsaturated/α-hetero) is 1. The Bertz CT molecular complexity index is 1380. The van der Waals surface area contributed by atoms with Crippen molar-refractivity contribution in [3.8, 4) is 23.6 Å². The summed E-state index contributed by atoms with van der Waals surface area (Å²) in [5, 5.41) is 14.1. The van der Waals surface area contributed by atoms with Gasteiger partial charge in [-0.2, -0.15) is 20.4 Å². The summed E-state index contributed by atoms with van der Waals surface area (Å²) in [6, 6.07) is 10.9. The third kappa shape index (κ3) is 3.77. The molecule has 166 valence electrons. The van der Waals surface area contributed by atoms with E-state index in [-0.39, 0.29) is 27.2 Å². The van der Waals surface area contributed by atoms with Gasteiger partial charge in [0.15, 0.2) is 5.75 Å². The fraction of sp³-hybridized carbons (Fsp3) is 0.227. The Labute approximate surface area is 197 Å². The van der Waals surface area contributed by atoms with Gasteiger partial charge in [-0.25, -0.2) is 0 Å². The van der Waals surface area contributed by atoms with E-state index in [0.717, 1.165) is 28.9 Å².